The lowest BCUT2D eigenvalue weighted by Crippen LogP contribution is -2.41. The van der Waals surface area contributed by atoms with Crippen LogP contribution in [-0.4, -0.2) is 76.4 Å². The molecule has 2 atom stereocenters. The third-order valence-corrected chi connectivity index (χ3v) is 7.18. The summed E-state index contributed by atoms with van der Waals surface area (Å²) in [5, 5.41) is 16.7. The van der Waals surface area contributed by atoms with Crippen molar-refractivity contribution in [2.24, 2.45) is 0 Å². The molecule has 0 bridgehead atoms. The number of amides is 1. The van der Waals surface area contributed by atoms with Gasteiger partial charge in [0.15, 0.2) is 11.2 Å². The first kappa shape index (κ1) is 27.5. The van der Waals surface area contributed by atoms with Crippen LogP contribution in [0.2, 0.25) is 0 Å². The van der Waals surface area contributed by atoms with Gasteiger partial charge < -0.3 is 19.5 Å². The summed E-state index contributed by atoms with van der Waals surface area (Å²) in [4.78, 5) is 18.8. The van der Waals surface area contributed by atoms with Crippen LogP contribution in [0.4, 0.5) is 0 Å². The van der Waals surface area contributed by atoms with Crippen LogP contribution in [0.25, 0.3) is 33.4 Å². The maximum atomic E-state index is 12.6. The highest BCUT2D eigenvalue weighted by Gasteiger charge is 2.34. The zero-order valence-corrected chi connectivity index (χ0v) is 23.3. The first-order valence-electron chi connectivity index (χ1n) is 12.2. The Labute approximate surface area is 225 Å². The zero-order valence-electron chi connectivity index (χ0n) is 22.5. The van der Waals surface area contributed by atoms with Gasteiger partial charge in [0.05, 0.1) is 13.7 Å². The topological polar surface area (TPSA) is 89.7 Å². The average Bonchev–Trinajstić information content (AvgIpc) is 3.28. The first-order valence-corrected chi connectivity index (χ1v) is 14.2. The number of nitrogens with zero attached hydrogens (tertiary/aromatic N) is 4. The number of carbonyl (C=O) groups excluding carboxylic acids is 1. The van der Waals surface area contributed by atoms with E-state index in [1.807, 2.05) is 48.5 Å². The maximum Gasteiger partial charge on any atom is 0.258 e. The minimum absolute atomic E-state index is 0.0536. The Bertz CT molecular complexity index is 1480. The fourth-order valence-corrected chi connectivity index (χ4v) is 4.66. The number of pyridine rings is 1. The molecule has 2 aromatic heterocycles. The summed E-state index contributed by atoms with van der Waals surface area (Å²) >= 11 is 0. The number of fused-ring (bicyclic) bond motifs is 1. The number of carbonyl (C=O) groups is 1. The molecule has 4 rings (SSSR count). The fourth-order valence-electron chi connectivity index (χ4n) is 4.26. The number of para-hydroxylation sites is 1. The molecule has 0 saturated carbocycles. The van der Waals surface area contributed by atoms with Gasteiger partial charge in [-0.05, 0) is 48.6 Å². The second-order valence-electron chi connectivity index (χ2n) is 9.52. The van der Waals surface area contributed by atoms with Gasteiger partial charge in [-0.25, -0.2) is 9.67 Å². The number of likely N-dealkylation sites (N-methyl/N-ethyl adjacent to an activating group) is 1. The molecule has 0 aliphatic carbocycles. The fraction of sp³-hybridized carbons (Fsp3) is 0.310. The zero-order chi connectivity index (χ0) is 27.4. The highest BCUT2D eigenvalue weighted by molar-refractivity contribution is 8.13. The molecule has 0 saturated heterocycles. The van der Waals surface area contributed by atoms with Crippen LogP contribution in [0.1, 0.15) is 12.5 Å². The summed E-state index contributed by atoms with van der Waals surface area (Å²) < 4.78 is 13.3. The van der Waals surface area contributed by atoms with Gasteiger partial charge in [0.25, 0.3) is 5.91 Å². The van der Waals surface area contributed by atoms with Crippen LogP contribution >= 0.6 is 10.5 Å². The Morgan fingerprint density at radius 2 is 1.92 bits per heavy atom. The summed E-state index contributed by atoms with van der Waals surface area (Å²) in [5.41, 5.74) is 2.76. The van der Waals surface area contributed by atoms with Crippen molar-refractivity contribution in [1.29, 1.82) is 0 Å². The number of benzene rings is 2. The van der Waals surface area contributed by atoms with Gasteiger partial charge in [-0.15, -0.1) is 0 Å². The molecule has 0 radical (unpaired) electrons. The number of ether oxygens (including phenoxy) is 2. The van der Waals surface area contributed by atoms with Crippen molar-refractivity contribution in [2.45, 2.75) is 19.3 Å². The van der Waals surface area contributed by atoms with Crippen molar-refractivity contribution < 1.29 is 19.4 Å². The number of hydrogen-bond donors (Lipinski definition) is 1. The van der Waals surface area contributed by atoms with Gasteiger partial charge in [-0.3, -0.25) is 4.79 Å². The lowest BCUT2D eigenvalue weighted by molar-refractivity contribution is -0.147. The molecular formula is C29H34N4O4S. The number of hydrogen-bond acceptors (Lipinski definition) is 6. The molecule has 0 fully saturated rings. The van der Waals surface area contributed by atoms with Gasteiger partial charge >= 0.3 is 0 Å². The molecule has 200 valence electrons. The molecule has 0 spiro atoms. The Morgan fingerprint density at radius 3 is 2.63 bits per heavy atom. The molecule has 1 amide bonds. The van der Waals surface area contributed by atoms with Gasteiger partial charge in [-0.2, -0.15) is 15.6 Å². The van der Waals surface area contributed by atoms with E-state index >= 15 is 0 Å². The van der Waals surface area contributed by atoms with Crippen LogP contribution in [0, 0.1) is 0 Å². The third kappa shape index (κ3) is 5.65. The lowest BCUT2D eigenvalue weighted by atomic mass is 9.91. The molecule has 2 unspecified atom stereocenters. The number of methoxy groups -OCH3 is 1. The minimum atomic E-state index is -1.66. The highest BCUT2D eigenvalue weighted by atomic mass is 32.2. The Morgan fingerprint density at radius 1 is 1.16 bits per heavy atom. The summed E-state index contributed by atoms with van der Waals surface area (Å²) in [5.74, 6) is 5.23. The maximum absolute atomic E-state index is 12.6. The van der Waals surface area contributed by atoms with Crippen molar-refractivity contribution in [3.05, 3.63) is 66.4 Å². The SMILES string of the molecule is C=S(C)CCOCn1nc(-c2ccccc2OC)c2cc(-c3cccc(C(C)(O)C(=O)N(C)C)c3)cnc21. The largest absolute Gasteiger partial charge is 0.496 e. The summed E-state index contributed by atoms with van der Waals surface area (Å²) in [6, 6.07) is 17.1. The molecule has 9 heteroatoms. The van der Waals surface area contributed by atoms with Crippen molar-refractivity contribution >= 4 is 33.3 Å². The molecule has 0 aliphatic rings. The second kappa shape index (κ2) is 11.5. The van der Waals surface area contributed by atoms with E-state index in [9.17, 15) is 9.90 Å². The Balaban J connectivity index is 1.80. The van der Waals surface area contributed by atoms with E-state index in [-0.39, 0.29) is 17.2 Å². The van der Waals surface area contributed by atoms with Crippen molar-refractivity contribution in [1.82, 2.24) is 19.7 Å². The Kier molecular flexibility index (Phi) is 8.30. The molecule has 2 aromatic carbocycles. The van der Waals surface area contributed by atoms with Crippen molar-refractivity contribution in [2.75, 3.05) is 39.8 Å². The smallest absolute Gasteiger partial charge is 0.258 e. The predicted molar refractivity (Wildman–Crippen MR) is 155 cm³/mol. The molecule has 4 aromatic rings. The minimum Gasteiger partial charge on any atom is -0.496 e. The molecule has 0 aliphatic heterocycles. The number of aliphatic hydroxyl groups is 1. The van der Waals surface area contributed by atoms with Crippen LogP contribution < -0.4 is 4.74 Å². The monoisotopic (exact) mass is 534 g/mol. The summed E-state index contributed by atoms with van der Waals surface area (Å²) in [6.07, 6.45) is 3.86. The van der Waals surface area contributed by atoms with Gasteiger partial charge in [-0.1, -0.05) is 36.2 Å². The van der Waals surface area contributed by atoms with E-state index in [0.717, 1.165) is 33.5 Å². The summed E-state index contributed by atoms with van der Waals surface area (Å²) in [7, 11) is 4.94. The first-order chi connectivity index (χ1) is 18.1. The quantitative estimate of drug-likeness (QED) is 0.240. The van der Waals surface area contributed by atoms with E-state index in [2.05, 4.69) is 12.1 Å². The summed E-state index contributed by atoms with van der Waals surface area (Å²) in [6.45, 7) is 2.36. The van der Waals surface area contributed by atoms with Crippen molar-refractivity contribution in [3.8, 4) is 28.1 Å². The lowest BCUT2D eigenvalue weighted by Gasteiger charge is -2.26. The van der Waals surface area contributed by atoms with Crippen LogP contribution in [0.15, 0.2) is 60.8 Å². The average molecular weight is 535 g/mol. The Hall–Kier alpha value is -3.53. The molecule has 38 heavy (non-hydrogen) atoms. The van der Waals surface area contributed by atoms with Crippen molar-refractivity contribution in [3.63, 3.8) is 0 Å². The van der Waals surface area contributed by atoms with Crippen LogP contribution in [0.3, 0.4) is 0 Å². The van der Waals surface area contributed by atoms with E-state index < -0.39 is 11.5 Å². The predicted octanol–water partition coefficient (Wildman–Crippen LogP) is 4.37. The van der Waals surface area contributed by atoms with E-state index in [0.29, 0.717) is 23.6 Å². The van der Waals surface area contributed by atoms with Gasteiger partial charge in [0.1, 0.15) is 18.2 Å². The van der Waals surface area contributed by atoms with Crippen LogP contribution in [0.5, 0.6) is 5.75 Å². The highest BCUT2D eigenvalue weighted by Crippen LogP contribution is 2.36. The molecule has 2 heterocycles. The van der Waals surface area contributed by atoms with Gasteiger partial charge in [0.2, 0.25) is 0 Å². The molecule has 8 nitrogen and oxygen atoms in total. The van der Waals surface area contributed by atoms with Gasteiger partial charge in [0, 0.05) is 42.6 Å². The standard InChI is InChI=1S/C29H34N4O4S/c1-29(35,28(34)32(2)3)22-11-9-10-20(16-22)21-17-24-26(23-12-7-8-13-25(23)36-4)31-33(27(24)30-18-21)19-37-14-15-38(5)6/h7-13,16-18,35H,5,14-15,19H2,1-4,6H3. The molecular weight excluding hydrogens is 500 g/mol. The number of aromatic nitrogens is 3. The second-order valence-corrected chi connectivity index (χ2v) is 11.5. The third-order valence-electron chi connectivity index (χ3n) is 6.32. The van der Waals surface area contributed by atoms with E-state index in [1.54, 1.807) is 38.2 Å². The van der Waals surface area contributed by atoms with Crippen LogP contribution in [-0.2, 0) is 21.9 Å². The van der Waals surface area contributed by atoms with E-state index in [1.165, 1.54) is 11.8 Å². The molecule has 1 N–H and O–H groups in total. The normalized spacial score (nSPS) is 13.7. The number of rotatable bonds is 10. The van der Waals surface area contributed by atoms with E-state index in [4.69, 9.17) is 19.6 Å².